The molecule has 0 aliphatic heterocycles. The van der Waals surface area contributed by atoms with Gasteiger partial charge >= 0.3 is 0 Å². The van der Waals surface area contributed by atoms with E-state index in [-0.39, 0.29) is 6.29 Å². The van der Waals surface area contributed by atoms with Crippen LogP contribution in [-0.2, 0) is 15.9 Å². The lowest BCUT2D eigenvalue weighted by atomic mass is 9.96. The first-order valence-electron chi connectivity index (χ1n) is 7.74. The summed E-state index contributed by atoms with van der Waals surface area (Å²) in [4.78, 5) is 2.26. The molecule has 0 saturated carbocycles. The van der Waals surface area contributed by atoms with E-state index in [9.17, 15) is 5.11 Å². The van der Waals surface area contributed by atoms with Crippen LogP contribution in [-0.4, -0.2) is 38.0 Å². The summed E-state index contributed by atoms with van der Waals surface area (Å²) in [7, 11) is 3.35. The molecular weight excluding hydrogens is 322 g/mol. The molecule has 0 aliphatic carbocycles. The number of halogens is 1. The lowest BCUT2D eigenvalue weighted by molar-refractivity contribution is -0.140. The van der Waals surface area contributed by atoms with Crippen LogP contribution in [0, 0.1) is 5.92 Å². The number of aliphatic hydroxyl groups is 1. The molecule has 0 aromatic carbocycles. The Balaban J connectivity index is 2.56. The van der Waals surface area contributed by atoms with E-state index in [1.807, 2.05) is 6.07 Å². The molecule has 0 saturated heterocycles. The first kappa shape index (κ1) is 19.9. The molecular formula is C16H28ClNO3S. The molecule has 1 aromatic heterocycles. The first-order valence-corrected chi connectivity index (χ1v) is 9.09. The standard InChI is InChI=1S/C16H28ClNO3S/c1-20-16(21-2)12(4-3-10-17)5-6-13-7-8-15(22-13)14(19)9-11-18/h7-8,12,14,16,19H,3-6,9-11,18H2,1-2H3/t12?,14-/m1/s1. The molecule has 0 radical (unpaired) electrons. The third kappa shape index (κ3) is 6.52. The zero-order chi connectivity index (χ0) is 16.4. The second kappa shape index (κ2) is 11.4. The lowest BCUT2D eigenvalue weighted by Gasteiger charge is -2.24. The second-order valence-electron chi connectivity index (χ2n) is 5.37. The second-order valence-corrected chi connectivity index (χ2v) is 6.94. The largest absolute Gasteiger partial charge is 0.388 e. The van der Waals surface area contributed by atoms with Gasteiger partial charge < -0.3 is 20.3 Å². The summed E-state index contributed by atoms with van der Waals surface area (Å²) in [5, 5.41) is 9.97. The minimum atomic E-state index is -0.443. The third-order valence-electron chi connectivity index (χ3n) is 3.77. The molecule has 2 atom stereocenters. The van der Waals surface area contributed by atoms with Crippen LogP contribution in [0.4, 0.5) is 0 Å². The van der Waals surface area contributed by atoms with Gasteiger partial charge in [-0.05, 0) is 50.8 Å². The van der Waals surface area contributed by atoms with Crippen LogP contribution in [0.1, 0.15) is 41.5 Å². The SMILES string of the molecule is COC(OC)C(CCCCl)CCc1ccc([C@H](O)CCN)s1. The predicted molar refractivity (Wildman–Crippen MR) is 92.5 cm³/mol. The van der Waals surface area contributed by atoms with Gasteiger partial charge in [-0.3, -0.25) is 0 Å². The van der Waals surface area contributed by atoms with Gasteiger partial charge in [0.1, 0.15) is 0 Å². The van der Waals surface area contributed by atoms with Crippen LogP contribution in [0.5, 0.6) is 0 Å². The highest BCUT2D eigenvalue weighted by molar-refractivity contribution is 7.12. The van der Waals surface area contributed by atoms with Gasteiger partial charge in [-0.2, -0.15) is 0 Å². The molecule has 1 rings (SSSR count). The van der Waals surface area contributed by atoms with Gasteiger partial charge in [0.15, 0.2) is 6.29 Å². The Bertz CT molecular complexity index is 398. The fourth-order valence-electron chi connectivity index (χ4n) is 2.57. The number of nitrogens with two attached hydrogens (primary N) is 1. The van der Waals surface area contributed by atoms with E-state index < -0.39 is 6.10 Å². The van der Waals surface area contributed by atoms with E-state index in [2.05, 4.69) is 6.07 Å². The molecule has 1 heterocycles. The maximum Gasteiger partial charge on any atom is 0.159 e. The Morgan fingerprint density at radius 1 is 1.23 bits per heavy atom. The first-order chi connectivity index (χ1) is 10.7. The van der Waals surface area contributed by atoms with Gasteiger partial charge in [-0.25, -0.2) is 0 Å². The summed E-state index contributed by atoms with van der Waals surface area (Å²) in [6.45, 7) is 0.498. The van der Waals surface area contributed by atoms with Gasteiger partial charge in [0, 0.05) is 35.8 Å². The smallest absolute Gasteiger partial charge is 0.159 e. The van der Waals surface area contributed by atoms with E-state index in [0.29, 0.717) is 24.8 Å². The molecule has 1 unspecified atom stereocenters. The average Bonchev–Trinajstić information content (AvgIpc) is 2.99. The minimum absolute atomic E-state index is 0.189. The lowest BCUT2D eigenvalue weighted by Crippen LogP contribution is -2.25. The van der Waals surface area contributed by atoms with Gasteiger partial charge in [-0.15, -0.1) is 22.9 Å². The maximum absolute atomic E-state index is 9.97. The van der Waals surface area contributed by atoms with E-state index in [1.165, 1.54) is 4.88 Å². The van der Waals surface area contributed by atoms with Crippen molar-refractivity contribution in [1.29, 1.82) is 0 Å². The fraction of sp³-hybridized carbons (Fsp3) is 0.750. The summed E-state index contributed by atoms with van der Waals surface area (Å²) in [5.41, 5.74) is 5.49. The molecule has 0 bridgehead atoms. The number of alkyl halides is 1. The molecule has 128 valence electrons. The Labute approximate surface area is 142 Å². The van der Waals surface area contributed by atoms with E-state index in [0.717, 1.165) is 30.6 Å². The molecule has 4 nitrogen and oxygen atoms in total. The van der Waals surface area contributed by atoms with Crippen molar-refractivity contribution in [3.63, 3.8) is 0 Å². The minimum Gasteiger partial charge on any atom is -0.388 e. The van der Waals surface area contributed by atoms with Crippen LogP contribution < -0.4 is 5.73 Å². The molecule has 1 aromatic rings. The number of aryl methyl sites for hydroxylation is 1. The monoisotopic (exact) mass is 349 g/mol. The Hall–Kier alpha value is -0.170. The van der Waals surface area contributed by atoms with E-state index in [1.54, 1.807) is 25.6 Å². The van der Waals surface area contributed by atoms with Crippen LogP contribution in [0.3, 0.4) is 0 Å². The van der Waals surface area contributed by atoms with Gasteiger partial charge in [0.05, 0.1) is 6.10 Å². The van der Waals surface area contributed by atoms with Crippen LogP contribution in [0.2, 0.25) is 0 Å². The van der Waals surface area contributed by atoms with Crippen LogP contribution in [0.25, 0.3) is 0 Å². The number of ether oxygens (including phenoxy) is 2. The number of hydrogen-bond acceptors (Lipinski definition) is 5. The topological polar surface area (TPSA) is 64.7 Å². The summed E-state index contributed by atoms with van der Waals surface area (Å²) < 4.78 is 10.8. The summed E-state index contributed by atoms with van der Waals surface area (Å²) in [6.07, 6.45) is 3.86. The van der Waals surface area contributed by atoms with Crippen molar-refractivity contribution in [1.82, 2.24) is 0 Å². The molecule has 22 heavy (non-hydrogen) atoms. The quantitative estimate of drug-likeness (QED) is 0.449. The Morgan fingerprint density at radius 3 is 2.55 bits per heavy atom. The van der Waals surface area contributed by atoms with Crippen molar-refractivity contribution in [3.05, 3.63) is 21.9 Å². The van der Waals surface area contributed by atoms with Crippen molar-refractivity contribution >= 4 is 22.9 Å². The number of thiophene rings is 1. The number of rotatable bonds is 12. The summed E-state index contributed by atoms with van der Waals surface area (Å²) >= 11 is 7.46. The average molecular weight is 350 g/mol. The number of methoxy groups -OCH3 is 2. The highest BCUT2D eigenvalue weighted by Crippen LogP contribution is 2.28. The highest BCUT2D eigenvalue weighted by atomic mass is 35.5. The van der Waals surface area contributed by atoms with Crippen molar-refractivity contribution < 1.29 is 14.6 Å². The molecule has 6 heteroatoms. The Kier molecular flexibility index (Phi) is 10.3. The zero-order valence-corrected chi connectivity index (χ0v) is 15.0. The third-order valence-corrected chi connectivity index (χ3v) is 5.28. The predicted octanol–water partition coefficient (Wildman–Crippen LogP) is 3.32. The molecule has 0 spiro atoms. The van der Waals surface area contributed by atoms with Crippen molar-refractivity contribution in [3.8, 4) is 0 Å². The number of hydrogen-bond donors (Lipinski definition) is 2. The van der Waals surface area contributed by atoms with Crippen molar-refractivity contribution in [2.75, 3.05) is 26.6 Å². The molecule has 0 aliphatic rings. The molecule has 0 amide bonds. The summed E-state index contributed by atoms with van der Waals surface area (Å²) in [5.74, 6) is 0.985. The van der Waals surface area contributed by atoms with Gasteiger partial charge in [-0.1, -0.05) is 0 Å². The van der Waals surface area contributed by atoms with Gasteiger partial charge in [0.2, 0.25) is 0 Å². The van der Waals surface area contributed by atoms with Gasteiger partial charge in [0.25, 0.3) is 0 Å². The highest BCUT2D eigenvalue weighted by Gasteiger charge is 2.21. The normalized spacial score (nSPS) is 14.5. The molecule has 3 N–H and O–H groups in total. The Morgan fingerprint density at radius 2 is 1.95 bits per heavy atom. The van der Waals surface area contributed by atoms with Crippen LogP contribution in [0.15, 0.2) is 12.1 Å². The number of aliphatic hydroxyl groups excluding tert-OH is 1. The zero-order valence-electron chi connectivity index (χ0n) is 13.5. The molecule has 0 fully saturated rings. The maximum atomic E-state index is 9.97. The van der Waals surface area contributed by atoms with Crippen LogP contribution >= 0.6 is 22.9 Å². The van der Waals surface area contributed by atoms with E-state index >= 15 is 0 Å². The van der Waals surface area contributed by atoms with Crippen molar-refractivity contribution in [2.45, 2.75) is 44.5 Å². The van der Waals surface area contributed by atoms with Crippen molar-refractivity contribution in [2.24, 2.45) is 11.7 Å². The summed E-state index contributed by atoms with van der Waals surface area (Å²) in [6, 6.07) is 4.09. The fourth-order valence-corrected chi connectivity index (χ4v) is 3.78. The van der Waals surface area contributed by atoms with E-state index in [4.69, 9.17) is 26.8 Å².